The van der Waals surface area contributed by atoms with Gasteiger partial charge in [-0.3, -0.25) is 0 Å². The molecule has 0 aromatic rings. The largest absolute Gasteiger partial charge is 0.388 e. The van der Waals surface area contributed by atoms with Gasteiger partial charge in [0, 0.05) is 0 Å². The van der Waals surface area contributed by atoms with E-state index in [0.717, 1.165) is 0 Å². The molecule has 4 saturated heterocycles. The number of aliphatic hydroxyl groups is 3. The normalized spacial score (nSPS) is 68.9. The van der Waals surface area contributed by atoms with Crippen LogP contribution in [-0.4, -0.2) is 69.0 Å². The second-order valence-corrected chi connectivity index (χ2v) is 6.38. The molecule has 6 aliphatic rings. The summed E-state index contributed by atoms with van der Waals surface area (Å²) in [5, 5.41) is 34.8. The lowest BCUT2D eigenvalue weighted by molar-refractivity contribution is -0.526. The molecule has 9 heteroatoms. The lowest BCUT2D eigenvalue weighted by Gasteiger charge is -2.68. The summed E-state index contributed by atoms with van der Waals surface area (Å²) in [6.45, 7) is 1.51. The van der Waals surface area contributed by atoms with Gasteiger partial charge in [-0.15, -0.1) is 0 Å². The molecule has 110 valence electrons. The number of aliphatic hydroxyl groups excluding tert-OH is 1. The van der Waals surface area contributed by atoms with Crippen molar-refractivity contribution in [2.24, 2.45) is 16.6 Å². The number of ether oxygens (including phenoxy) is 3. The smallest absolute Gasteiger partial charge is 0.311 e. The second kappa shape index (κ2) is 2.82. The SMILES string of the molecule is C[C@]1(O)C2O[C@@]3(O)OC1[C@@H]1[C@@H]4N=C(N)NC1([C@@H]2O)[C@@H]3O4. The van der Waals surface area contributed by atoms with Crippen molar-refractivity contribution in [2.45, 2.75) is 54.7 Å². The average Bonchev–Trinajstić information content (AvgIpc) is 2.51. The molecule has 5 fully saturated rings. The van der Waals surface area contributed by atoms with Crippen molar-refractivity contribution in [3.63, 3.8) is 0 Å². The molecule has 5 aliphatic heterocycles. The van der Waals surface area contributed by atoms with E-state index in [2.05, 4.69) is 10.3 Å². The molecular formula is C11H15N3O6. The van der Waals surface area contributed by atoms with Gasteiger partial charge >= 0.3 is 5.97 Å². The molecular weight excluding hydrogens is 270 g/mol. The van der Waals surface area contributed by atoms with Crippen molar-refractivity contribution < 1.29 is 29.5 Å². The molecule has 7 bridgehead atoms. The summed E-state index contributed by atoms with van der Waals surface area (Å²) in [6, 6.07) is 0. The highest BCUT2D eigenvalue weighted by Crippen LogP contribution is 2.63. The topological polar surface area (TPSA) is 139 Å². The monoisotopic (exact) mass is 285 g/mol. The number of nitrogens with one attached hydrogen (secondary N) is 1. The van der Waals surface area contributed by atoms with Crippen LogP contribution >= 0.6 is 0 Å². The molecule has 1 spiro atoms. The molecule has 0 amide bonds. The summed E-state index contributed by atoms with van der Waals surface area (Å²) in [4.78, 5) is 4.14. The zero-order valence-corrected chi connectivity index (χ0v) is 10.6. The third-order valence-corrected chi connectivity index (χ3v) is 5.36. The molecule has 9 atom stereocenters. The van der Waals surface area contributed by atoms with E-state index in [-0.39, 0.29) is 5.96 Å². The maximum absolute atomic E-state index is 10.7. The van der Waals surface area contributed by atoms with E-state index in [1.807, 2.05) is 0 Å². The fourth-order valence-electron chi connectivity index (χ4n) is 4.60. The molecule has 9 nitrogen and oxygen atoms in total. The van der Waals surface area contributed by atoms with E-state index in [1.165, 1.54) is 6.92 Å². The number of rotatable bonds is 0. The number of nitrogens with zero attached hydrogens (tertiary/aromatic N) is 1. The third kappa shape index (κ3) is 0.892. The van der Waals surface area contributed by atoms with Crippen molar-refractivity contribution in [2.75, 3.05) is 0 Å². The van der Waals surface area contributed by atoms with Crippen molar-refractivity contribution in [3.05, 3.63) is 0 Å². The Morgan fingerprint density at radius 2 is 2.00 bits per heavy atom. The van der Waals surface area contributed by atoms with Crippen LogP contribution in [0.3, 0.4) is 0 Å². The number of nitrogens with two attached hydrogens (primary N) is 1. The van der Waals surface area contributed by atoms with Gasteiger partial charge in [0.2, 0.25) is 0 Å². The minimum absolute atomic E-state index is 0.137. The Labute approximate surface area is 113 Å². The Kier molecular flexibility index (Phi) is 1.65. The first-order valence-corrected chi connectivity index (χ1v) is 6.56. The molecule has 20 heavy (non-hydrogen) atoms. The predicted octanol–water partition coefficient (Wildman–Crippen LogP) is -3.45. The van der Waals surface area contributed by atoms with Gasteiger partial charge in [0.05, 0.1) is 5.92 Å². The number of hydrogen-bond donors (Lipinski definition) is 5. The summed E-state index contributed by atoms with van der Waals surface area (Å²) in [5.41, 5.74) is 3.23. The summed E-state index contributed by atoms with van der Waals surface area (Å²) >= 11 is 0. The molecule has 0 aromatic heterocycles. The van der Waals surface area contributed by atoms with Gasteiger partial charge in [-0.1, -0.05) is 0 Å². The van der Waals surface area contributed by atoms with Crippen LogP contribution < -0.4 is 11.1 Å². The highest BCUT2D eigenvalue weighted by Gasteiger charge is 2.86. The van der Waals surface area contributed by atoms with E-state index in [4.69, 9.17) is 19.9 Å². The fourth-order valence-corrected chi connectivity index (χ4v) is 4.60. The molecule has 0 radical (unpaired) electrons. The number of guanidine groups is 1. The van der Waals surface area contributed by atoms with E-state index in [1.54, 1.807) is 0 Å². The first-order chi connectivity index (χ1) is 9.31. The minimum atomic E-state index is -2.02. The van der Waals surface area contributed by atoms with E-state index in [0.29, 0.717) is 0 Å². The van der Waals surface area contributed by atoms with Crippen LogP contribution in [-0.2, 0) is 14.2 Å². The maximum Gasteiger partial charge on any atom is 0.311 e. The minimum Gasteiger partial charge on any atom is -0.388 e. The van der Waals surface area contributed by atoms with Crippen LogP contribution in [0, 0.1) is 5.92 Å². The standard InChI is InChI=1S/C11H15N3O6/c1-9(16)4-2-6-13-8(12)14-10(2)3(15)5(9)20-11(17,19-4)7(10)18-6/h2-7,15-17H,1H3,(H3,12,13,14)/t2-,3-,4?,5?,6-,7+,9-,10?,11+/m1/s1. The van der Waals surface area contributed by atoms with Gasteiger partial charge in [0.1, 0.15) is 29.5 Å². The molecule has 3 unspecified atom stereocenters. The highest BCUT2D eigenvalue weighted by molar-refractivity contribution is 5.80. The Bertz CT molecular complexity index is 554. The van der Waals surface area contributed by atoms with Crippen LogP contribution in [0.15, 0.2) is 4.99 Å². The van der Waals surface area contributed by atoms with Crippen molar-refractivity contribution in [1.29, 1.82) is 0 Å². The lowest BCUT2D eigenvalue weighted by atomic mass is 9.57. The van der Waals surface area contributed by atoms with Crippen LogP contribution in [0.1, 0.15) is 6.92 Å². The van der Waals surface area contributed by atoms with Crippen LogP contribution in [0.2, 0.25) is 0 Å². The average molecular weight is 285 g/mol. The van der Waals surface area contributed by atoms with Gasteiger partial charge < -0.3 is 40.6 Å². The van der Waals surface area contributed by atoms with Crippen LogP contribution in [0.5, 0.6) is 0 Å². The van der Waals surface area contributed by atoms with E-state index >= 15 is 0 Å². The van der Waals surface area contributed by atoms with Crippen molar-refractivity contribution in [1.82, 2.24) is 5.32 Å². The zero-order chi connectivity index (χ0) is 14.1. The van der Waals surface area contributed by atoms with Crippen molar-refractivity contribution >= 4 is 5.96 Å². The highest BCUT2D eigenvalue weighted by atomic mass is 16.9. The Morgan fingerprint density at radius 1 is 1.30 bits per heavy atom. The quantitative estimate of drug-likeness (QED) is 0.310. The molecule has 5 heterocycles. The van der Waals surface area contributed by atoms with Gasteiger partial charge in [-0.05, 0) is 6.92 Å². The summed E-state index contributed by atoms with van der Waals surface area (Å²) < 4.78 is 16.6. The third-order valence-electron chi connectivity index (χ3n) is 5.36. The first kappa shape index (κ1) is 11.7. The molecule has 0 aromatic carbocycles. The fraction of sp³-hybridized carbons (Fsp3) is 0.909. The Morgan fingerprint density at radius 3 is 2.75 bits per heavy atom. The first-order valence-electron chi connectivity index (χ1n) is 6.56. The lowest BCUT2D eigenvalue weighted by Crippen LogP contribution is -2.91. The predicted molar refractivity (Wildman–Crippen MR) is 61.0 cm³/mol. The molecule has 1 saturated carbocycles. The summed E-state index contributed by atoms with van der Waals surface area (Å²) in [6.07, 6.45) is -4.54. The van der Waals surface area contributed by atoms with Crippen molar-refractivity contribution in [3.8, 4) is 0 Å². The summed E-state index contributed by atoms with van der Waals surface area (Å²) in [7, 11) is 0. The van der Waals surface area contributed by atoms with Gasteiger partial charge in [0.25, 0.3) is 0 Å². The van der Waals surface area contributed by atoms with E-state index in [9.17, 15) is 15.3 Å². The Balaban J connectivity index is 1.79. The zero-order valence-electron chi connectivity index (χ0n) is 10.6. The maximum atomic E-state index is 10.7. The Hall–Kier alpha value is -0.970. The molecule has 6 N–H and O–H groups in total. The number of hydrogen-bond acceptors (Lipinski definition) is 9. The van der Waals surface area contributed by atoms with Gasteiger partial charge in [0.15, 0.2) is 18.3 Å². The van der Waals surface area contributed by atoms with Crippen LogP contribution in [0.4, 0.5) is 0 Å². The van der Waals surface area contributed by atoms with Gasteiger partial charge in [-0.25, -0.2) is 4.99 Å². The second-order valence-electron chi connectivity index (χ2n) is 6.38. The summed E-state index contributed by atoms with van der Waals surface area (Å²) in [5.74, 6) is -2.34. The van der Waals surface area contributed by atoms with Gasteiger partial charge in [-0.2, -0.15) is 0 Å². The number of aliphatic imine (C=N–C) groups is 1. The van der Waals surface area contributed by atoms with E-state index < -0.39 is 53.7 Å². The molecule has 6 rings (SSSR count). The van der Waals surface area contributed by atoms with Crippen LogP contribution in [0.25, 0.3) is 0 Å². The molecule has 1 aliphatic carbocycles.